The summed E-state index contributed by atoms with van der Waals surface area (Å²) in [7, 11) is 0. The molecule has 2 nitrogen and oxygen atoms in total. The first-order valence-electron chi connectivity index (χ1n) is 6.04. The Kier molecular flexibility index (Phi) is 6.12. The van der Waals surface area contributed by atoms with Gasteiger partial charge in [0.05, 0.1) is 12.5 Å². The predicted molar refractivity (Wildman–Crippen MR) is 67.0 cm³/mol. The summed E-state index contributed by atoms with van der Waals surface area (Å²) in [5.41, 5.74) is 0. The molecular formula is C12H22N2S. The van der Waals surface area contributed by atoms with Crippen molar-refractivity contribution in [3.05, 3.63) is 0 Å². The molecule has 0 aromatic carbocycles. The van der Waals surface area contributed by atoms with E-state index >= 15 is 0 Å². The molecule has 0 aliphatic heterocycles. The Balaban J connectivity index is 2.25. The van der Waals surface area contributed by atoms with Gasteiger partial charge in [0.1, 0.15) is 0 Å². The van der Waals surface area contributed by atoms with Crippen LogP contribution in [-0.4, -0.2) is 23.1 Å². The Hall–Kier alpha value is -0.200. The average molecular weight is 226 g/mol. The van der Waals surface area contributed by atoms with Gasteiger partial charge in [-0.3, -0.25) is 0 Å². The molecule has 1 aliphatic carbocycles. The molecule has 1 saturated carbocycles. The topological polar surface area (TPSA) is 35.8 Å². The first-order valence-corrected chi connectivity index (χ1v) is 7.09. The molecular weight excluding hydrogens is 204 g/mol. The summed E-state index contributed by atoms with van der Waals surface area (Å²) >= 11 is 2.09. The Morgan fingerprint density at radius 3 is 2.87 bits per heavy atom. The third kappa shape index (κ3) is 4.44. The van der Waals surface area contributed by atoms with Crippen molar-refractivity contribution in [1.29, 1.82) is 5.26 Å². The second-order valence-corrected chi connectivity index (χ2v) is 5.80. The van der Waals surface area contributed by atoms with E-state index < -0.39 is 0 Å². The van der Waals surface area contributed by atoms with Gasteiger partial charge in [-0.1, -0.05) is 13.8 Å². The lowest BCUT2D eigenvalue weighted by atomic mass is 10.1. The molecule has 0 amide bonds. The Bertz CT molecular complexity index is 212. The van der Waals surface area contributed by atoms with Crippen molar-refractivity contribution in [1.82, 2.24) is 5.32 Å². The van der Waals surface area contributed by atoms with Gasteiger partial charge in [0, 0.05) is 17.3 Å². The van der Waals surface area contributed by atoms with Gasteiger partial charge in [0.25, 0.3) is 0 Å². The van der Waals surface area contributed by atoms with Gasteiger partial charge >= 0.3 is 0 Å². The third-order valence-electron chi connectivity index (χ3n) is 3.09. The van der Waals surface area contributed by atoms with Crippen LogP contribution in [-0.2, 0) is 0 Å². The number of nitrogens with zero attached hydrogens (tertiary/aromatic N) is 1. The summed E-state index contributed by atoms with van der Waals surface area (Å²) in [4.78, 5) is 0. The first kappa shape index (κ1) is 12.9. The largest absolute Gasteiger partial charge is 0.310 e. The standard InChI is InChI=1S/C12H22N2S/c1-3-10(7-8-13)14-11-5-6-12(9-11)15-4-2/h10-12,14H,3-7,9H2,1-2H3. The van der Waals surface area contributed by atoms with Crippen molar-refractivity contribution >= 4 is 11.8 Å². The monoisotopic (exact) mass is 226 g/mol. The van der Waals surface area contributed by atoms with E-state index in [9.17, 15) is 0 Å². The number of hydrogen-bond donors (Lipinski definition) is 1. The fourth-order valence-electron chi connectivity index (χ4n) is 2.24. The van der Waals surface area contributed by atoms with Gasteiger partial charge in [-0.15, -0.1) is 0 Å². The number of nitrogens with one attached hydrogen (secondary N) is 1. The van der Waals surface area contributed by atoms with Crippen molar-refractivity contribution in [3.8, 4) is 6.07 Å². The molecule has 0 saturated heterocycles. The van der Waals surface area contributed by atoms with Crippen LogP contribution in [0.2, 0.25) is 0 Å². The van der Waals surface area contributed by atoms with Gasteiger partial charge in [-0.2, -0.15) is 17.0 Å². The second kappa shape index (κ2) is 7.14. The highest BCUT2D eigenvalue weighted by atomic mass is 32.2. The minimum atomic E-state index is 0.408. The molecule has 15 heavy (non-hydrogen) atoms. The Morgan fingerprint density at radius 2 is 2.27 bits per heavy atom. The minimum absolute atomic E-state index is 0.408. The molecule has 1 rings (SSSR count). The van der Waals surface area contributed by atoms with E-state index in [-0.39, 0.29) is 0 Å². The van der Waals surface area contributed by atoms with Crippen LogP contribution in [0.15, 0.2) is 0 Å². The maximum Gasteiger partial charge on any atom is 0.0638 e. The van der Waals surface area contributed by atoms with E-state index in [2.05, 4.69) is 37.0 Å². The fraction of sp³-hybridized carbons (Fsp3) is 0.917. The van der Waals surface area contributed by atoms with Gasteiger partial charge in [0.15, 0.2) is 0 Å². The molecule has 86 valence electrons. The Labute approximate surface area is 97.8 Å². The van der Waals surface area contributed by atoms with Gasteiger partial charge < -0.3 is 5.32 Å². The molecule has 0 bridgehead atoms. The summed E-state index contributed by atoms with van der Waals surface area (Å²) in [6, 6.07) is 3.33. The zero-order chi connectivity index (χ0) is 11.1. The summed E-state index contributed by atoms with van der Waals surface area (Å²) < 4.78 is 0. The molecule has 0 aromatic heterocycles. The molecule has 1 N–H and O–H groups in total. The van der Waals surface area contributed by atoms with Crippen LogP contribution in [0.3, 0.4) is 0 Å². The fourth-order valence-corrected chi connectivity index (χ4v) is 3.39. The molecule has 0 heterocycles. The van der Waals surface area contributed by atoms with Crippen LogP contribution in [0.1, 0.15) is 46.0 Å². The van der Waals surface area contributed by atoms with Crippen molar-refractivity contribution in [2.75, 3.05) is 5.75 Å². The van der Waals surface area contributed by atoms with Gasteiger partial charge in [-0.25, -0.2) is 0 Å². The summed E-state index contributed by atoms with van der Waals surface area (Å²) in [5, 5.41) is 13.2. The molecule has 3 atom stereocenters. The highest BCUT2D eigenvalue weighted by Gasteiger charge is 2.25. The van der Waals surface area contributed by atoms with Crippen molar-refractivity contribution in [2.45, 2.75) is 63.3 Å². The predicted octanol–water partition coefficient (Wildman–Crippen LogP) is 2.94. The quantitative estimate of drug-likeness (QED) is 0.756. The minimum Gasteiger partial charge on any atom is -0.310 e. The van der Waals surface area contributed by atoms with Crippen LogP contribution in [0.25, 0.3) is 0 Å². The smallest absolute Gasteiger partial charge is 0.0638 e. The summed E-state index contributed by atoms with van der Waals surface area (Å²) in [5.74, 6) is 1.23. The van der Waals surface area contributed by atoms with Crippen LogP contribution in [0.5, 0.6) is 0 Å². The molecule has 0 spiro atoms. The SMILES string of the molecule is CCSC1CCC(NC(CC)CC#N)C1. The number of rotatable bonds is 6. The zero-order valence-corrected chi connectivity index (χ0v) is 10.6. The second-order valence-electron chi connectivity index (χ2n) is 4.22. The van der Waals surface area contributed by atoms with Crippen LogP contribution in [0.4, 0.5) is 0 Å². The summed E-state index contributed by atoms with van der Waals surface area (Å²) in [6.45, 7) is 4.39. The lowest BCUT2D eigenvalue weighted by Gasteiger charge is -2.19. The maximum atomic E-state index is 8.68. The summed E-state index contributed by atoms with van der Waals surface area (Å²) in [6.07, 6.45) is 5.65. The molecule has 3 heteroatoms. The maximum absolute atomic E-state index is 8.68. The average Bonchev–Trinajstić information content (AvgIpc) is 2.66. The zero-order valence-electron chi connectivity index (χ0n) is 9.83. The van der Waals surface area contributed by atoms with Crippen molar-refractivity contribution < 1.29 is 0 Å². The number of hydrogen-bond acceptors (Lipinski definition) is 3. The first-order chi connectivity index (χ1) is 7.30. The molecule has 0 aromatic rings. The molecule has 3 unspecified atom stereocenters. The normalized spacial score (nSPS) is 27.5. The van der Waals surface area contributed by atoms with E-state index in [1.807, 2.05) is 0 Å². The van der Waals surface area contributed by atoms with Crippen LogP contribution >= 0.6 is 11.8 Å². The van der Waals surface area contributed by atoms with Crippen LogP contribution < -0.4 is 5.32 Å². The van der Waals surface area contributed by atoms with E-state index in [1.54, 1.807) is 0 Å². The van der Waals surface area contributed by atoms with E-state index in [0.29, 0.717) is 18.5 Å². The van der Waals surface area contributed by atoms with Gasteiger partial charge in [0.2, 0.25) is 0 Å². The lowest BCUT2D eigenvalue weighted by Crippen LogP contribution is -2.36. The van der Waals surface area contributed by atoms with Gasteiger partial charge in [-0.05, 0) is 31.4 Å². The third-order valence-corrected chi connectivity index (χ3v) is 4.32. The number of thioether (sulfide) groups is 1. The molecule has 0 radical (unpaired) electrons. The molecule has 1 fully saturated rings. The highest BCUT2D eigenvalue weighted by Crippen LogP contribution is 2.30. The highest BCUT2D eigenvalue weighted by molar-refractivity contribution is 7.99. The van der Waals surface area contributed by atoms with E-state index in [0.717, 1.165) is 11.7 Å². The molecule has 1 aliphatic rings. The van der Waals surface area contributed by atoms with E-state index in [1.165, 1.54) is 25.0 Å². The van der Waals surface area contributed by atoms with Crippen molar-refractivity contribution in [2.24, 2.45) is 0 Å². The Morgan fingerprint density at radius 1 is 1.47 bits per heavy atom. The van der Waals surface area contributed by atoms with Crippen molar-refractivity contribution in [3.63, 3.8) is 0 Å². The van der Waals surface area contributed by atoms with Crippen LogP contribution in [0, 0.1) is 11.3 Å². The number of nitriles is 1. The van der Waals surface area contributed by atoms with E-state index in [4.69, 9.17) is 5.26 Å². The lowest BCUT2D eigenvalue weighted by molar-refractivity contribution is 0.424.